The highest BCUT2D eigenvalue weighted by molar-refractivity contribution is 5.96. The molecule has 0 fully saturated rings. The van der Waals surface area contributed by atoms with E-state index >= 15 is 0 Å². The second-order valence-corrected chi connectivity index (χ2v) is 6.95. The fourth-order valence-electron chi connectivity index (χ4n) is 3.35. The van der Waals surface area contributed by atoms with Crippen molar-refractivity contribution in [1.29, 1.82) is 0 Å². The molecule has 0 aliphatic heterocycles. The van der Waals surface area contributed by atoms with E-state index < -0.39 is 24.0 Å². The van der Waals surface area contributed by atoms with Crippen molar-refractivity contribution in [2.75, 3.05) is 0 Å². The molecule has 0 aromatic heterocycles. The molecule has 0 aliphatic rings. The summed E-state index contributed by atoms with van der Waals surface area (Å²) >= 11 is 0. The summed E-state index contributed by atoms with van der Waals surface area (Å²) in [5, 5.41) is 5.43. The summed E-state index contributed by atoms with van der Waals surface area (Å²) in [6.07, 6.45) is 0.895. The van der Waals surface area contributed by atoms with Gasteiger partial charge in [0.25, 0.3) is 0 Å². The average molecular weight is 405 g/mol. The van der Waals surface area contributed by atoms with E-state index in [1.165, 1.54) is 17.7 Å². The zero-order chi connectivity index (χ0) is 21.5. The standard InChI is InChI=1S/C24H24FN3O2/c1-2-16-11-13-18(14-12-16)21(19-9-6-10-20(25)15-19)27-22(23(29)28-24(26)30)17-7-4-3-5-8-17/h3-15,21-22,27H,2H2,1H3,(H3,26,28,29,30)/t21-,22-/m1/s1. The minimum Gasteiger partial charge on any atom is -0.351 e. The SMILES string of the molecule is CCc1ccc([C@@H](N[C@@H](C(=O)NC(N)=O)c2ccccc2)c2cccc(F)c2)cc1. The summed E-state index contributed by atoms with van der Waals surface area (Å²) in [4.78, 5) is 24.1. The van der Waals surface area contributed by atoms with Gasteiger partial charge >= 0.3 is 6.03 Å². The number of carbonyl (C=O) groups excluding carboxylic acids is 2. The molecule has 3 amide bonds. The summed E-state index contributed by atoms with van der Waals surface area (Å²) in [6, 6.07) is 20.8. The number of benzene rings is 3. The summed E-state index contributed by atoms with van der Waals surface area (Å²) in [7, 11) is 0. The van der Waals surface area contributed by atoms with Crippen LogP contribution in [0.1, 0.15) is 41.3 Å². The lowest BCUT2D eigenvalue weighted by Gasteiger charge is -2.26. The van der Waals surface area contributed by atoms with Crippen LogP contribution in [0, 0.1) is 5.82 Å². The van der Waals surface area contributed by atoms with E-state index in [1.807, 2.05) is 30.3 Å². The number of nitrogens with two attached hydrogens (primary N) is 1. The van der Waals surface area contributed by atoms with Gasteiger partial charge in [0.15, 0.2) is 0 Å². The van der Waals surface area contributed by atoms with E-state index in [4.69, 9.17) is 5.73 Å². The predicted molar refractivity (Wildman–Crippen MR) is 114 cm³/mol. The Bertz CT molecular complexity index is 1010. The number of hydrogen-bond donors (Lipinski definition) is 3. The molecule has 6 heteroatoms. The Morgan fingerprint density at radius 2 is 1.57 bits per heavy atom. The highest BCUT2D eigenvalue weighted by atomic mass is 19.1. The fourth-order valence-corrected chi connectivity index (χ4v) is 3.35. The van der Waals surface area contributed by atoms with Crippen LogP contribution < -0.4 is 16.4 Å². The molecular formula is C24H24FN3O2. The number of halogens is 1. The average Bonchev–Trinajstić information content (AvgIpc) is 2.74. The second kappa shape index (κ2) is 9.80. The summed E-state index contributed by atoms with van der Waals surface area (Å²) in [5.41, 5.74) is 8.52. The molecule has 0 saturated heterocycles. The monoisotopic (exact) mass is 405 g/mol. The van der Waals surface area contributed by atoms with Crippen LogP contribution >= 0.6 is 0 Å². The number of carbonyl (C=O) groups is 2. The van der Waals surface area contributed by atoms with Crippen molar-refractivity contribution in [2.24, 2.45) is 5.73 Å². The minimum atomic E-state index is -0.933. The maximum atomic E-state index is 14.0. The lowest BCUT2D eigenvalue weighted by Crippen LogP contribution is -2.44. The molecule has 0 radical (unpaired) electrons. The van der Waals surface area contributed by atoms with Crippen LogP contribution in [0.25, 0.3) is 0 Å². The van der Waals surface area contributed by atoms with Crippen LogP contribution in [0.15, 0.2) is 78.9 Å². The third-order valence-corrected chi connectivity index (χ3v) is 4.88. The largest absolute Gasteiger partial charge is 0.351 e. The molecule has 3 aromatic rings. The molecule has 2 atom stereocenters. The highest BCUT2D eigenvalue weighted by Gasteiger charge is 2.26. The van der Waals surface area contributed by atoms with E-state index in [0.29, 0.717) is 11.1 Å². The maximum absolute atomic E-state index is 14.0. The Labute approximate surface area is 175 Å². The molecule has 3 aromatic carbocycles. The molecule has 0 heterocycles. The first-order valence-electron chi connectivity index (χ1n) is 9.73. The molecule has 0 spiro atoms. The van der Waals surface area contributed by atoms with Crippen molar-refractivity contribution >= 4 is 11.9 Å². The van der Waals surface area contributed by atoms with Crippen molar-refractivity contribution in [3.8, 4) is 0 Å². The van der Waals surface area contributed by atoms with E-state index in [1.54, 1.807) is 36.4 Å². The third kappa shape index (κ3) is 5.30. The van der Waals surface area contributed by atoms with Crippen LogP contribution in [0.4, 0.5) is 9.18 Å². The first-order chi connectivity index (χ1) is 14.5. The van der Waals surface area contributed by atoms with E-state index in [-0.39, 0.29) is 5.82 Å². The van der Waals surface area contributed by atoms with E-state index in [0.717, 1.165) is 12.0 Å². The number of imide groups is 1. The van der Waals surface area contributed by atoms with Crippen molar-refractivity contribution in [1.82, 2.24) is 10.6 Å². The maximum Gasteiger partial charge on any atom is 0.318 e. The Balaban J connectivity index is 2.03. The van der Waals surface area contributed by atoms with Gasteiger partial charge in [-0.15, -0.1) is 0 Å². The molecular weight excluding hydrogens is 381 g/mol. The van der Waals surface area contributed by atoms with E-state index in [2.05, 4.69) is 17.6 Å². The van der Waals surface area contributed by atoms with Gasteiger partial charge in [-0.05, 0) is 40.8 Å². The number of nitrogens with one attached hydrogen (secondary N) is 2. The van der Waals surface area contributed by atoms with Gasteiger partial charge < -0.3 is 5.73 Å². The minimum absolute atomic E-state index is 0.373. The fraction of sp³-hybridized carbons (Fsp3) is 0.167. The molecule has 0 aliphatic carbocycles. The van der Waals surface area contributed by atoms with Crippen LogP contribution in [-0.2, 0) is 11.2 Å². The highest BCUT2D eigenvalue weighted by Crippen LogP contribution is 2.27. The molecule has 4 N–H and O–H groups in total. The summed E-state index contributed by atoms with van der Waals surface area (Å²) in [6.45, 7) is 2.07. The van der Waals surface area contributed by atoms with Gasteiger partial charge in [0.2, 0.25) is 5.91 Å². The van der Waals surface area contributed by atoms with Gasteiger partial charge in [-0.1, -0.05) is 73.7 Å². The van der Waals surface area contributed by atoms with Crippen LogP contribution in [0.2, 0.25) is 0 Å². The Hall–Kier alpha value is -3.51. The number of rotatable bonds is 7. The topological polar surface area (TPSA) is 84.2 Å². The van der Waals surface area contributed by atoms with E-state index in [9.17, 15) is 14.0 Å². The first kappa shape index (κ1) is 21.2. The van der Waals surface area contributed by atoms with Crippen molar-refractivity contribution in [3.63, 3.8) is 0 Å². The van der Waals surface area contributed by atoms with Gasteiger partial charge in [-0.2, -0.15) is 0 Å². The van der Waals surface area contributed by atoms with Crippen LogP contribution in [0.3, 0.4) is 0 Å². The molecule has 3 rings (SSSR count). The van der Waals surface area contributed by atoms with Gasteiger partial charge in [0.1, 0.15) is 11.9 Å². The third-order valence-electron chi connectivity index (χ3n) is 4.88. The van der Waals surface area contributed by atoms with Crippen molar-refractivity contribution < 1.29 is 14.0 Å². The number of hydrogen-bond acceptors (Lipinski definition) is 3. The molecule has 0 saturated carbocycles. The Morgan fingerprint density at radius 3 is 2.17 bits per heavy atom. The molecule has 0 unspecified atom stereocenters. The van der Waals surface area contributed by atoms with Gasteiger partial charge in [-0.25, -0.2) is 9.18 Å². The summed E-state index contributed by atoms with van der Waals surface area (Å²) in [5.74, 6) is -0.956. The first-order valence-corrected chi connectivity index (χ1v) is 9.73. The lowest BCUT2D eigenvalue weighted by atomic mass is 9.95. The second-order valence-electron chi connectivity index (χ2n) is 6.95. The van der Waals surface area contributed by atoms with Crippen molar-refractivity contribution in [3.05, 3.63) is 107 Å². The number of urea groups is 1. The molecule has 30 heavy (non-hydrogen) atoms. The number of primary amides is 1. The van der Waals surface area contributed by atoms with Gasteiger partial charge in [0, 0.05) is 0 Å². The lowest BCUT2D eigenvalue weighted by molar-refractivity contribution is -0.122. The van der Waals surface area contributed by atoms with Crippen molar-refractivity contribution in [2.45, 2.75) is 25.4 Å². The zero-order valence-electron chi connectivity index (χ0n) is 16.6. The Morgan fingerprint density at radius 1 is 0.900 bits per heavy atom. The zero-order valence-corrected chi connectivity index (χ0v) is 16.6. The summed E-state index contributed by atoms with van der Waals surface area (Å²) < 4.78 is 14.0. The Kier molecular flexibility index (Phi) is 6.93. The molecule has 5 nitrogen and oxygen atoms in total. The smallest absolute Gasteiger partial charge is 0.318 e. The molecule has 0 bridgehead atoms. The molecule has 154 valence electrons. The van der Waals surface area contributed by atoms with Crippen LogP contribution in [0.5, 0.6) is 0 Å². The number of aryl methyl sites for hydroxylation is 1. The van der Waals surface area contributed by atoms with Crippen LogP contribution in [-0.4, -0.2) is 11.9 Å². The van der Waals surface area contributed by atoms with Gasteiger partial charge in [0.05, 0.1) is 6.04 Å². The quantitative estimate of drug-likeness (QED) is 0.555. The predicted octanol–water partition coefficient (Wildman–Crippen LogP) is 4.00. The number of amides is 3. The van der Waals surface area contributed by atoms with Gasteiger partial charge in [-0.3, -0.25) is 15.4 Å². The normalized spacial score (nSPS) is 12.7.